The van der Waals surface area contributed by atoms with Crippen LogP contribution in [0.5, 0.6) is 0 Å². The van der Waals surface area contributed by atoms with E-state index in [0.717, 1.165) is 36.0 Å². The van der Waals surface area contributed by atoms with Crippen molar-refractivity contribution in [3.05, 3.63) is 58.6 Å². The molecule has 0 saturated carbocycles. The van der Waals surface area contributed by atoms with E-state index in [1.54, 1.807) is 12.1 Å². The van der Waals surface area contributed by atoms with Gasteiger partial charge in [0.15, 0.2) is 0 Å². The third-order valence-corrected chi connectivity index (χ3v) is 6.37. The Hall–Kier alpha value is -1.57. The van der Waals surface area contributed by atoms with Gasteiger partial charge in [-0.3, -0.25) is 4.79 Å². The SMILES string of the molecule is C.COC(=O)C1CCN(c2cccc(Br)c2)CC1.Cc1ccc(S(=O)(=O)Cl)cc1. The monoisotopic (exact) mass is 503 g/mol. The number of hydrogen-bond acceptors (Lipinski definition) is 5. The van der Waals surface area contributed by atoms with Gasteiger partial charge in [0.05, 0.1) is 17.9 Å². The standard InChI is InChI=1S/C13H16BrNO2.C7H7ClO2S.CH4/c1-17-13(16)10-5-7-15(8-6-10)12-4-2-3-11(14)9-12;1-6-2-4-7(5-3-6)11(8,9)10;/h2-4,9-10H,5-8H2,1H3;2-5H,1H3;1H4. The molecular formula is C21H27BrClNO4S. The number of piperidine rings is 1. The molecule has 0 aliphatic carbocycles. The summed E-state index contributed by atoms with van der Waals surface area (Å²) in [4.78, 5) is 13.9. The fraction of sp³-hybridized carbons (Fsp3) is 0.381. The maximum Gasteiger partial charge on any atom is 0.308 e. The van der Waals surface area contributed by atoms with Crippen molar-refractivity contribution in [2.24, 2.45) is 5.92 Å². The fourth-order valence-corrected chi connectivity index (χ4v) is 4.07. The van der Waals surface area contributed by atoms with E-state index in [1.165, 1.54) is 24.9 Å². The molecule has 5 nitrogen and oxygen atoms in total. The molecule has 1 saturated heterocycles. The first-order chi connectivity index (χ1) is 13.2. The van der Waals surface area contributed by atoms with Crippen LogP contribution in [0, 0.1) is 12.8 Å². The second-order valence-electron chi connectivity index (χ2n) is 6.52. The summed E-state index contributed by atoms with van der Waals surface area (Å²) in [6.45, 7) is 3.71. The highest BCUT2D eigenvalue weighted by molar-refractivity contribution is 9.10. The molecule has 0 spiro atoms. The molecule has 0 unspecified atom stereocenters. The maximum atomic E-state index is 11.4. The number of aryl methyl sites for hydroxylation is 1. The second kappa shape index (κ2) is 11.6. The van der Waals surface area contributed by atoms with Gasteiger partial charge >= 0.3 is 5.97 Å². The van der Waals surface area contributed by atoms with Crippen molar-refractivity contribution in [2.45, 2.75) is 32.1 Å². The van der Waals surface area contributed by atoms with Crippen molar-refractivity contribution in [2.75, 3.05) is 25.1 Å². The van der Waals surface area contributed by atoms with Crippen LogP contribution in [0.4, 0.5) is 5.69 Å². The molecule has 160 valence electrons. The Balaban J connectivity index is 0.000000306. The number of methoxy groups -OCH3 is 1. The zero-order chi connectivity index (χ0) is 20.7. The first-order valence-electron chi connectivity index (χ1n) is 8.80. The Kier molecular flexibility index (Phi) is 10.2. The minimum atomic E-state index is -3.55. The second-order valence-corrected chi connectivity index (χ2v) is 10.00. The lowest BCUT2D eigenvalue weighted by Crippen LogP contribution is -2.36. The summed E-state index contributed by atoms with van der Waals surface area (Å²) < 4.78 is 27.3. The Morgan fingerprint density at radius 2 is 1.72 bits per heavy atom. The number of hydrogen-bond donors (Lipinski definition) is 0. The third kappa shape index (κ3) is 7.99. The lowest BCUT2D eigenvalue weighted by atomic mass is 9.96. The number of nitrogens with zero attached hydrogens (tertiary/aromatic N) is 1. The van der Waals surface area contributed by atoms with Gasteiger partial charge in [-0.2, -0.15) is 0 Å². The number of halogens is 2. The molecule has 1 aliphatic heterocycles. The van der Waals surface area contributed by atoms with E-state index in [2.05, 4.69) is 33.0 Å². The summed E-state index contributed by atoms with van der Waals surface area (Å²) in [5, 5.41) is 0. The lowest BCUT2D eigenvalue weighted by molar-refractivity contribution is -0.146. The van der Waals surface area contributed by atoms with Crippen molar-refractivity contribution in [3.8, 4) is 0 Å². The van der Waals surface area contributed by atoms with Crippen LogP contribution in [0.25, 0.3) is 0 Å². The highest BCUT2D eigenvalue weighted by Gasteiger charge is 2.25. The molecule has 0 aromatic heterocycles. The van der Waals surface area contributed by atoms with Gasteiger partial charge in [0, 0.05) is 33.9 Å². The van der Waals surface area contributed by atoms with Gasteiger partial charge in [-0.05, 0) is 50.1 Å². The van der Waals surface area contributed by atoms with Crippen LogP contribution in [0.1, 0.15) is 25.8 Å². The van der Waals surface area contributed by atoms with Crippen LogP contribution in [0.3, 0.4) is 0 Å². The minimum absolute atomic E-state index is 0. The molecule has 8 heteroatoms. The zero-order valence-corrected chi connectivity index (χ0v) is 18.9. The number of anilines is 1. The molecule has 1 aliphatic rings. The van der Waals surface area contributed by atoms with E-state index in [0.29, 0.717) is 0 Å². The van der Waals surface area contributed by atoms with Gasteiger partial charge in [-0.15, -0.1) is 0 Å². The molecule has 0 bridgehead atoms. The molecule has 0 radical (unpaired) electrons. The topological polar surface area (TPSA) is 63.7 Å². The fourth-order valence-electron chi connectivity index (χ4n) is 2.91. The Labute approximate surface area is 186 Å². The van der Waals surface area contributed by atoms with Crippen LogP contribution >= 0.6 is 26.6 Å². The molecule has 2 aromatic carbocycles. The average molecular weight is 505 g/mol. The number of ether oxygens (including phenoxy) is 1. The number of esters is 1. The molecule has 1 fully saturated rings. The van der Waals surface area contributed by atoms with Gasteiger partial charge in [-0.25, -0.2) is 8.42 Å². The van der Waals surface area contributed by atoms with Gasteiger partial charge in [-0.1, -0.05) is 47.1 Å². The number of benzene rings is 2. The van der Waals surface area contributed by atoms with E-state index >= 15 is 0 Å². The summed E-state index contributed by atoms with van der Waals surface area (Å²) >= 11 is 3.47. The zero-order valence-electron chi connectivity index (χ0n) is 15.8. The largest absolute Gasteiger partial charge is 0.469 e. The minimum Gasteiger partial charge on any atom is -0.469 e. The van der Waals surface area contributed by atoms with E-state index in [9.17, 15) is 13.2 Å². The van der Waals surface area contributed by atoms with E-state index in [4.69, 9.17) is 15.4 Å². The van der Waals surface area contributed by atoms with Crippen LogP contribution in [-0.4, -0.2) is 34.6 Å². The highest BCUT2D eigenvalue weighted by atomic mass is 79.9. The van der Waals surface area contributed by atoms with E-state index in [-0.39, 0.29) is 24.2 Å². The average Bonchev–Trinajstić information content (AvgIpc) is 2.67. The normalized spacial score (nSPS) is 14.3. The molecular weight excluding hydrogens is 478 g/mol. The molecule has 0 atom stereocenters. The van der Waals surface area contributed by atoms with E-state index in [1.807, 2.05) is 19.1 Å². The molecule has 0 N–H and O–H groups in total. The summed E-state index contributed by atoms with van der Waals surface area (Å²) in [7, 11) is 3.00. The van der Waals surface area contributed by atoms with Gasteiger partial charge < -0.3 is 9.64 Å². The number of carbonyl (C=O) groups excluding carboxylic acids is 1. The molecule has 29 heavy (non-hydrogen) atoms. The first-order valence-corrected chi connectivity index (χ1v) is 11.9. The molecule has 0 amide bonds. The van der Waals surface area contributed by atoms with Crippen LogP contribution in [0.2, 0.25) is 0 Å². The summed E-state index contributed by atoms with van der Waals surface area (Å²) in [6, 6.07) is 14.6. The first kappa shape index (κ1) is 25.5. The van der Waals surface area contributed by atoms with Crippen LogP contribution in [0.15, 0.2) is 57.9 Å². The third-order valence-electron chi connectivity index (χ3n) is 4.51. The van der Waals surface area contributed by atoms with Crippen molar-refractivity contribution < 1.29 is 17.9 Å². The number of rotatable bonds is 3. The quantitative estimate of drug-likeness (QED) is 0.414. The Morgan fingerprint density at radius 1 is 1.14 bits per heavy atom. The van der Waals surface area contributed by atoms with Crippen molar-refractivity contribution in [3.63, 3.8) is 0 Å². The highest BCUT2D eigenvalue weighted by Crippen LogP contribution is 2.26. The summed E-state index contributed by atoms with van der Waals surface area (Å²) in [5.41, 5.74) is 2.22. The smallest absolute Gasteiger partial charge is 0.308 e. The predicted octanol–water partition coefficient (Wildman–Crippen LogP) is 5.40. The number of carbonyl (C=O) groups is 1. The Bertz CT molecular complexity index is 895. The van der Waals surface area contributed by atoms with Crippen molar-refractivity contribution in [1.82, 2.24) is 0 Å². The van der Waals surface area contributed by atoms with Crippen LogP contribution < -0.4 is 4.90 Å². The Morgan fingerprint density at radius 3 is 2.21 bits per heavy atom. The maximum absolute atomic E-state index is 11.4. The van der Waals surface area contributed by atoms with Crippen molar-refractivity contribution in [1.29, 1.82) is 0 Å². The summed E-state index contributed by atoms with van der Waals surface area (Å²) in [5.74, 6) is 0.00213. The van der Waals surface area contributed by atoms with Gasteiger partial charge in [0.2, 0.25) is 0 Å². The van der Waals surface area contributed by atoms with Gasteiger partial charge in [0.1, 0.15) is 0 Å². The molecule has 2 aromatic rings. The molecule has 1 heterocycles. The predicted molar refractivity (Wildman–Crippen MR) is 122 cm³/mol. The van der Waals surface area contributed by atoms with Gasteiger partial charge in [0.25, 0.3) is 9.05 Å². The van der Waals surface area contributed by atoms with Crippen LogP contribution in [-0.2, 0) is 18.6 Å². The summed E-state index contributed by atoms with van der Waals surface area (Å²) in [6.07, 6.45) is 1.75. The van der Waals surface area contributed by atoms with Crippen molar-refractivity contribution >= 4 is 47.3 Å². The van der Waals surface area contributed by atoms with E-state index < -0.39 is 9.05 Å². The molecule has 3 rings (SSSR count). The lowest BCUT2D eigenvalue weighted by Gasteiger charge is -2.32.